The van der Waals surface area contributed by atoms with Crippen LogP contribution in [0.2, 0.25) is 0 Å². The Balaban J connectivity index is 1.78. The summed E-state index contributed by atoms with van der Waals surface area (Å²) in [6, 6.07) is 12.2. The number of benzene rings is 1. The second-order valence-corrected chi connectivity index (χ2v) is 5.36. The number of hydrogen-bond donors (Lipinski definition) is 2. The number of aliphatic hydroxyl groups excluding tert-OH is 1. The van der Waals surface area contributed by atoms with Crippen LogP contribution >= 0.6 is 11.3 Å². The molecule has 3 heteroatoms. The molecule has 0 radical (unpaired) electrons. The van der Waals surface area contributed by atoms with Crippen LogP contribution in [0, 0.1) is 0 Å². The Morgan fingerprint density at radius 1 is 1.22 bits per heavy atom. The molecule has 0 aliphatic rings. The first-order valence-corrected chi connectivity index (χ1v) is 7.17. The molecule has 0 fully saturated rings. The maximum atomic E-state index is 10.1. The van der Waals surface area contributed by atoms with Crippen molar-refractivity contribution in [1.82, 2.24) is 5.32 Å². The summed E-state index contributed by atoms with van der Waals surface area (Å²) in [6.07, 6.45) is 0.338. The zero-order valence-corrected chi connectivity index (χ0v) is 11.4. The van der Waals surface area contributed by atoms with Gasteiger partial charge in [-0.15, -0.1) is 0 Å². The molecule has 0 amide bonds. The Labute approximate surface area is 112 Å². The van der Waals surface area contributed by atoms with E-state index >= 15 is 0 Å². The second kappa shape index (κ2) is 6.69. The fourth-order valence-electron chi connectivity index (χ4n) is 1.91. The fourth-order valence-corrected chi connectivity index (χ4v) is 2.58. The third kappa shape index (κ3) is 3.95. The normalized spacial score (nSPS) is 14.3. The van der Waals surface area contributed by atoms with E-state index in [1.165, 1.54) is 5.56 Å². The summed E-state index contributed by atoms with van der Waals surface area (Å²) in [6.45, 7) is 2.98. The molecule has 2 atom stereocenters. The number of nitrogens with one attached hydrogen (secondary N) is 1. The van der Waals surface area contributed by atoms with Crippen LogP contribution in [0.25, 0.3) is 0 Å². The lowest BCUT2D eigenvalue weighted by molar-refractivity contribution is 0.154. The SMILES string of the molecule is C[C@H](C[C@H](O)c1ccccc1)NCc1ccsc1. The van der Waals surface area contributed by atoms with Crippen LogP contribution in [0.15, 0.2) is 47.2 Å². The van der Waals surface area contributed by atoms with Crippen LogP contribution in [0.3, 0.4) is 0 Å². The summed E-state index contributed by atoms with van der Waals surface area (Å²) in [4.78, 5) is 0. The van der Waals surface area contributed by atoms with Gasteiger partial charge in [0.05, 0.1) is 6.10 Å². The number of aliphatic hydroxyl groups is 1. The average Bonchev–Trinajstić information content (AvgIpc) is 2.90. The van der Waals surface area contributed by atoms with Gasteiger partial charge < -0.3 is 10.4 Å². The van der Waals surface area contributed by atoms with Gasteiger partial charge in [0.15, 0.2) is 0 Å². The second-order valence-electron chi connectivity index (χ2n) is 4.58. The Kier molecular flexibility index (Phi) is 4.93. The Hall–Kier alpha value is -1.16. The molecule has 1 aromatic carbocycles. The van der Waals surface area contributed by atoms with Crippen LogP contribution < -0.4 is 5.32 Å². The molecule has 0 aliphatic heterocycles. The van der Waals surface area contributed by atoms with Crippen molar-refractivity contribution < 1.29 is 5.11 Å². The molecule has 0 aliphatic carbocycles. The molecule has 1 aromatic heterocycles. The third-order valence-electron chi connectivity index (χ3n) is 3.00. The van der Waals surface area contributed by atoms with Gasteiger partial charge in [-0.05, 0) is 41.3 Å². The van der Waals surface area contributed by atoms with Gasteiger partial charge in [0.25, 0.3) is 0 Å². The molecule has 1 heterocycles. The highest BCUT2D eigenvalue weighted by Gasteiger charge is 2.11. The van der Waals surface area contributed by atoms with E-state index in [1.54, 1.807) is 11.3 Å². The van der Waals surface area contributed by atoms with E-state index in [2.05, 4.69) is 29.1 Å². The Morgan fingerprint density at radius 3 is 2.67 bits per heavy atom. The van der Waals surface area contributed by atoms with Crippen LogP contribution in [-0.4, -0.2) is 11.1 Å². The molecule has 2 N–H and O–H groups in total. The van der Waals surface area contributed by atoms with Gasteiger partial charge in [-0.1, -0.05) is 30.3 Å². The van der Waals surface area contributed by atoms with Crippen molar-refractivity contribution in [2.24, 2.45) is 0 Å². The van der Waals surface area contributed by atoms with E-state index in [0.717, 1.165) is 18.5 Å². The van der Waals surface area contributed by atoms with Crippen molar-refractivity contribution in [3.8, 4) is 0 Å². The summed E-state index contributed by atoms with van der Waals surface area (Å²) in [7, 11) is 0. The van der Waals surface area contributed by atoms with E-state index in [1.807, 2.05) is 30.3 Å². The fraction of sp³-hybridized carbons (Fsp3) is 0.333. The molecule has 0 saturated carbocycles. The molecular formula is C15H19NOS. The van der Waals surface area contributed by atoms with Crippen molar-refractivity contribution in [3.05, 3.63) is 58.3 Å². The molecule has 0 bridgehead atoms. The minimum absolute atomic E-state index is 0.292. The number of thiophene rings is 1. The van der Waals surface area contributed by atoms with Gasteiger partial charge in [-0.3, -0.25) is 0 Å². The smallest absolute Gasteiger partial charge is 0.0804 e. The molecular weight excluding hydrogens is 242 g/mol. The minimum Gasteiger partial charge on any atom is -0.388 e. The first kappa shape index (κ1) is 13.3. The van der Waals surface area contributed by atoms with Gasteiger partial charge in [0.2, 0.25) is 0 Å². The van der Waals surface area contributed by atoms with E-state index in [0.29, 0.717) is 6.04 Å². The Bertz CT molecular complexity index is 441. The van der Waals surface area contributed by atoms with E-state index in [9.17, 15) is 5.11 Å². The molecule has 2 rings (SSSR count). The first-order valence-electron chi connectivity index (χ1n) is 6.23. The lowest BCUT2D eigenvalue weighted by Gasteiger charge is -2.18. The van der Waals surface area contributed by atoms with Gasteiger partial charge >= 0.3 is 0 Å². The standard InChI is InChI=1S/C15H19NOS/c1-12(16-10-13-7-8-18-11-13)9-15(17)14-5-3-2-4-6-14/h2-8,11-12,15-17H,9-10H2,1H3/t12-,15+/m1/s1. The molecule has 2 aromatic rings. The molecule has 0 spiro atoms. The van der Waals surface area contributed by atoms with Crippen LogP contribution in [0.4, 0.5) is 0 Å². The summed E-state index contributed by atoms with van der Waals surface area (Å²) >= 11 is 1.71. The summed E-state index contributed by atoms with van der Waals surface area (Å²) in [5.74, 6) is 0. The minimum atomic E-state index is -0.392. The van der Waals surface area contributed by atoms with Crippen molar-refractivity contribution in [3.63, 3.8) is 0 Å². The van der Waals surface area contributed by atoms with Gasteiger partial charge in [0.1, 0.15) is 0 Å². The predicted molar refractivity (Wildman–Crippen MR) is 76.6 cm³/mol. The highest BCUT2D eigenvalue weighted by Crippen LogP contribution is 2.18. The van der Waals surface area contributed by atoms with Gasteiger partial charge in [-0.2, -0.15) is 11.3 Å². The van der Waals surface area contributed by atoms with Crippen LogP contribution in [-0.2, 0) is 6.54 Å². The van der Waals surface area contributed by atoms with Crippen molar-refractivity contribution in [2.75, 3.05) is 0 Å². The van der Waals surface area contributed by atoms with E-state index in [-0.39, 0.29) is 0 Å². The molecule has 96 valence electrons. The zero-order chi connectivity index (χ0) is 12.8. The highest BCUT2D eigenvalue weighted by molar-refractivity contribution is 7.07. The predicted octanol–water partition coefficient (Wildman–Crippen LogP) is 3.35. The highest BCUT2D eigenvalue weighted by atomic mass is 32.1. The van der Waals surface area contributed by atoms with Gasteiger partial charge in [-0.25, -0.2) is 0 Å². The largest absolute Gasteiger partial charge is 0.388 e. The summed E-state index contributed by atoms with van der Waals surface area (Å²) in [5, 5.41) is 17.8. The quantitative estimate of drug-likeness (QED) is 0.836. The monoisotopic (exact) mass is 261 g/mol. The van der Waals surface area contributed by atoms with Crippen molar-refractivity contribution >= 4 is 11.3 Å². The van der Waals surface area contributed by atoms with Crippen LogP contribution in [0.5, 0.6) is 0 Å². The average molecular weight is 261 g/mol. The first-order chi connectivity index (χ1) is 8.75. The molecule has 2 nitrogen and oxygen atoms in total. The number of hydrogen-bond acceptors (Lipinski definition) is 3. The topological polar surface area (TPSA) is 32.3 Å². The maximum absolute atomic E-state index is 10.1. The summed E-state index contributed by atoms with van der Waals surface area (Å²) < 4.78 is 0. The van der Waals surface area contributed by atoms with Gasteiger partial charge in [0, 0.05) is 12.6 Å². The zero-order valence-electron chi connectivity index (χ0n) is 10.5. The molecule has 0 unspecified atom stereocenters. The maximum Gasteiger partial charge on any atom is 0.0804 e. The third-order valence-corrected chi connectivity index (χ3v) is 3.73. The Morgan fingerprint density at radius 2 is 2.00 bits per heavy atom. The number of rotatable bonds is 6. The van der Waals surface area contributed by atoms with E-state index < -0.39 is 6.10 Å². The molecule has 18 heavy (non-hydrogen) atoms. The summed E-state index contributed by atoms with van der Waals surface area (Å²) in [5.41, 5.74) is 2.29. The molecule has 0 saturated heterocycles. The lowest BCUT2D eigenvalue weighted by Crippen LogP contribution is -2.27. The van der Waals surface area contributed by atoms with Crippen molar-refractivity contribution in [1.29, 1.82) is 0 Å². The van der Waals surface area contributed by atoms with E-state index in [4.69, 9.17) is 0 Å². The lowest BCUT2D eigenvalue weighted by atomic mass is 10.0. The van der Waals surface area contributed by atoms with Crippen molar-refractivity contribution in [2.45, 2.75) is 32.0 Å². The van der Waals surface area contributed by atoms with Crippen LogP contribution in [0.1, 0.15) is 30.6 Å².